The summed E-state index contributed by atoms with van der Waals surface area (Å²) in [5.74, 6) is 1.17. The number of ether oxygens (including phenoxy) is 1. The molecule has 1 aliphatic rings. The molecule has 1 unspecified atom stereocenters. The van der Waals surface area contributed by atoms with Crippen molar-refractivity contribution in [3.05, 3.63) is 52.1 Å². The lowest BCUT2D eigenvalue weighted by Gasteiger charge is -2.18. The van der Waals surface area contributed by atoms with Crippen LogP contribution in [0.25, 0.3) is 0 Å². The standard InChI is InChI=1S/C20H21BrF3N3O2/c1-29-17-5-2-13(10-16(17)21)3-7-19(28)26-15-8-9-27(12-15)18-6-4-14(11-25-18)20(22,23)24/h2,4-6,10-11,15H,3,7-9,12H2,1H3,(H,26,28). The Bertz CT molecular complexity index is 859. The number of benzene rings is 1. The molecule has 5 nitrogen and oxygen atoms in total. The van der Waals surface area contributed by atoms with Crippen LogP contribution in [0.15, 0.2) is 41.0 Å². The van der Waals surface area contributed by atoms with E-state index in [-0.39, 0.29) is 11.9 Å². The minimum atomic E-state index is -4.40. The molecule has 29 heavy (non-hydrogen) atoms. The molecule has 0 radical (unpaired) electrons. The molecule has 0 saturated carbocycles. The van der Waals surface area contributed by atoms with Gasteiger partial charge < -0.3 is 15.0 Å². The molecule has 1 aliphatic heterocycles. The van der Waals surface area contributed by atoms with Crippen molar-refractivity contribution in [3.63, 3.8) is 0 Å². The molecule has 1 aromatic heterocycles. The van der Waals surface area contributed by atoms with E-state index in [0.717, 1.165) is 34.5 Å². The third kappa shape index (κ3) is 5.62. The number of aromatic nitrogens is 1. The maximum atomic E-state index is 12.6. The Labute approximate surface area is 175 Å². The van der Waals surface area contributed by atoms with E-state index >= 15 is 0 Å². The maximum absolute atomic E-state index is 12.6. The zero-order chi connectivity index (χ0) is 21.0. The van der Waals surface area contributed by atoms with Crippen LogP contribution >= 0.6 is 15.9 Å². The fraction of sp³-hybridized carbons (Fsp3) is 0.400. The molecule has 0 aliphatic carbocycles. The third-order valence-corrected chi connectivity index (χ3v) is 5.43. The molecular weight excluding hydrogens is 451 g/mol. The summed E-state index contributed by atoms with van der Waals surface area (Å²) >= 11 is 3.43. The monoisotopic (exact) mass is 471 g/mol. The van der Waals surface area contributed by atoms with Crippen LogP contribution in [-0.4, -0.2) is 37.1 Å². The molecule has 1 aromatic carbocycles. The number of hydrogen-bond acceptors (Lipinski definition) is 4. The lowest BCUT2D eigenvalue weighted by molar-refractivity contribution is -0.137. The van der Waals surface area contributed by atoms with Crippen LogP contribution in [0.4, 0.5) is 19.0 Å². The Morgan fingerprint density at radius 3 is 2.76 bits per heavy atom. The van der Waals surface area contributed by atoms with Crippen molar-refractivity contribution in [2.24, 2.45) is 0 Å². The number of nitrogens with one attached hydrogen (secondary N) is 1. The Kier molecular flexibility index (Phi) is 6.66. The highest BCUT2D eigenvalue weighted by Crippen LogP contribution is 2.30. The molecule has 1 saturated heterocycles. The molecule has 1 atom stereocenters. The first-order valence-corrected chi connectivity index (χ1v) is 9.95. The normalized spacial score (nSPS) is 16.7. The summed E-state index contributed by atoms with van der Waals surface area (Å²) in [6.45, 7) is 1.16. The second kappa shape index (κ2) is 9.02. The third-order valence-electron chi connectivity index (χ3n) is 4.81. The summed E-state index contributed by atoms with van der Waals surface area (Å²) in [4.78, 5) is 18.1. The fourth-order valence-corrected chi connectivity index (χ4v) is 3.84. The molecule has 0 spiro atoms. The van der Waals surface area contributed by atoms with Crippen molar-refractivity contribution in [2.75, 3.05) is 25.1 Å². The summed E-state index contributed by atoms with van der Waals surface area (Å²) in [6, 6.07) is 8.05. The predicted octanol–water partition coefficient (Wildman–Crippen LogP) is 4.20. The number of anilines is 1. The van der Waals surface area contributed by atoms with Gasteiger partial charge in [-0.05, 0) is 58.6 Å². The highest BCUT2D eigenvalue weighted by molar-refractivity contribution is 9.10. The van der Waals surface area contributed by atoms with Crippen LogP contribution in [0.1, 0.15) is 24.0 Å². The van der Waals surface area contributed by atoms with Gasteiger partial charge in [-0.15, -0.1) is 0 Å². The van der Waals surface area contributed by atoms with Crippen molar-refractivity contribution >= 4 is 27.7 Å². The van der Waals surface area contributed by atoms with Gasteiger partial charge in [0, 0.05) is 31.7 Å². The first kappa shape index (κ1) is 21.4. The van der Waals surface area contributed by atoms with Crippen molar-refractivity contribution < 1.29 is 22.7 Å². The average Bonchev–Trinajstić information content (AvgIpc) is 3.14. The van der Waals surface area contributed by atoms with Gasteiger partial charge in [0.1, 0.15) is 11.6 Å². The fourth-order valence-electron chi connectivity index (χ4n) is 3.25. The van der Waals surface area contributed by atoms with Crippen LogP contribution < -0.4 is 15.0 Å². The first-order valence-electron chi connectivity index (χ1n) is 9.16. The van der Waals surface area contributed by atoms with Crippen LogP contribution in [0.2, 0.25) is 0 Å². The van der Waals surface area contributed by atoms with E-state index in [1.54, 1.807) is 7.11 Å². The largest absolute Gasteiger partial charge is 0.496 e. The Morgan fingerprint density at radius 2 is 2.14 bits per heavy atom. The van der Waals surface area contributed by atoms with Crippen LogP contribution in [0.5, 0.6) is 5.75 Å². The molecule has 156 valence electrons. The van der Waals surface area contributed by atoms with Gasteiger partial charge in [0.15, 0.2) is 0 Å². The number of carbonyl (C=O) groups is 1. The molecular formula is C20H21BrF3N3O2. The van der Waals surface area contributed by atoms with E-state index in [0.29, 0.717) is 31.7 Å². The van der Waals surface area contributed by atoms with E-state index in [2.05, 4.69) is 26.2 Å². The Hall–Kier alpha value is -2.29. The molecule has 1 N–H and O–H groups in total. The topological polar surface area (TPSA) is 54.5 Å². The Morgan fingerprint density at radius 1 is 1.34 bits per heavy atom. The summed E-state index contributed by atoms with van der Waals surface area (Å²) in [6.07, 6.45) is -1.87. The SMILES string of the molecule is COc1ccc(CCC(=O)NC2CCN(c3ccc(C(F)(F)F)cn3)C2)cc1Br. The number of rotatable bonds is 6. The molecule has 2 aromatic rings. The highest BCUT2D eigenvalue weighted by Gasteiger charge is 2.31. The van der Waals surface area contributed by atoms with E-state index in [4.69, 9.17) is 4.74 Å². The number of methoxy groups -OCH3 is 1. The van der Waals surface area contributed by atoms with Gasteiger partial charge in [-0.1, -0.05) is 6.07 Å². The number of alkyl halides is 3. The minimum absolute atomic E-state index is 0.0470. The lowest BCUT2D eigenvalue weighted by atomic mass is 10.1. The molecule has 1 fully saturated rings. The second-order valence-electron chi connectivity index (χ2n) is 6.87. The van der Waals surface area contributed by atoms with Gasteiger partial charge in [0.2, 0.25) is 5.91 Å². The van der Waals surface area contributed by atoms with Gasteiger partial charge in [0.25, 0.3) is 0 Å². The molecule has 9 heteroatoms. The van der Waals surface area contributed by atoms with Crippen molar-refractivity contribution in [2.45, 2.75) is 31.5 Å². The van der Waals surface area contributed by atoms with E-state index in [1.807, 2.05) is 23.1 Å². The molecule has 1 amide bonds. The summed E-state index contributed by atoms with van der Waals surface area (Å²) in [5, 5.41) is 3.00. The van der Waals surface area contributed by atoms with Gasteiger partial charge in [0.05, 0.1) is 17.1 Å². The second-order valence-corrected chi connectivity index (χ2v) is 7.73. The number of halogens is 4. The number of pyridine rings is 1. The number of aryl methyl sites for hydroxylation is 1. The van der Waals surface area contributed by atoms with Crippen LogP contribution in [0, 0.1) is 0 Å². The van der Waals surface area contributed by atoms with E-state index in [1.165, 1.54) is 6.07 Å². The smallest absolute Gasteiger partial charge is 0.417 e. The van der Waals surface area contributed by atoms with E-state index < -0.39 is 11.7 Å². The summed E-state index contributed by atoms with van der Waals surface area (Å²) < 4.78 is 44.0. The number of hydrogen-bond donors (Lipinski definition) is 1. The van der Waals surface area contributed by atoms with Crippen molar-refractivity contribution in [1.29, 1.82) is 0 Å². The van der Waals surface area contributed by atoms with Gasteiger partial charge in [-0.2, -0.15) is 13.2 Å². The number of nitrogens with zero attached hydrogens (tertiary/aromatic N) is 2. The molecule has 0 bridgehead atoms. The average molecular weight is 472 g/mol. The van der Waals surface area contributed by atoms with Gasteiger partial charge >= 0.3 is 6.18 Å². The maximum Gasteiger partial charge on any atom is 0.417 e. The quantitative estimate of drug-likeness (QED) is 0.685. The first-order chi connectivity index (χ1) is 13.8. The lowest BCUT2D eigenvalue weighted by Crippen LogP contribution is -2.37. The summed E-state index contributed by atoms with van der Waals surface area (Å²) in [5.41, 5.74) is 0.255. The minimum Gasteiger partial charge on any atom is -0.496 e. The predicted molar refractivity (Wildman–Crippen MR) is 107 cm³/mol. The zero-order valence-electron chi connectivity index (χ0n) is 15.8. The van der Waals surface area contributed by atoms with Crippen molar-refractivity contribution in [3.8, 4) is 5.75 Å². The number of carbonyl (C=O) groups excluding carboxylic acids is 1. The molecule has 3 rings (SSSR count). The Balaban J connectivity index is 1.48. The molecule has 2 heterocycles. The van der Waals surface area contributed by atoms with Gasteiger partial charge in [-0.3, -0.25) is 4.79 Å². The summed E-state index contributed by atoms with van der Waals surface area (Å²) in [7, 11) is 1.60. The van der Waals surface area contributed by atoms with Crippen molar-refractivity contribution in [1.82, 2.24) is 10.3 Å². The van der Waals surface area contributed by atoms with Gasteiger partial charge in [-0.25, -0.2) is 4.98 Å². The number of amides is 1. The van der Waals surface area contributed by atoms with Crippen LogP contribution in [-0.2, 0) is 17.4 Å². The zero-order valence-corrected chi connectivity index (χ0v) is 17.4. The highest BCUT2D eigenvalue weighted by atomic mass is 79.9. The van der Waals surface area contributed by atoms with Crippen LogP contribution in [0.3, 0.4) is 0 Å². The van der Waals surface area contributed by atoms with E-state index in [9.17, 15) is 18.0 Å².